The summed E-state index contributed by atoms with van der Waals surface area (Å²) in [6.45, 7) is 2.05. The molecular formula is C67H79N17O9. The molecule has 15 rings (SSSR count). The monoisotopic (exact) mass is 1270 g/mol. The smallest absolute Gasteiger partial charge is 0.238 e. The first-order valence-corrected chi connectivity index (χ1v) is 32.6. The molecule has 0 unspecified atom stereocenters. The number of pyridine rings is 3. The van der Waals surface area contributed by atoms with Gasteiger partial charge in [-0.1, -0.05) is 6.92 Å². The molecule has 486 valence electrons. The van der Waals surface area contributed by atoms with E-state index in [1.54, 1.807) is 64.8 Å². The van der Waals surface area contributed by atoms with Gasteiger partial charge in [0.2, 0.25) is 17.6 Å². The van der Waals surface area contributed by atoms with Gasteiger partial charge in [-0.2, -0.15) is 24.3 Å². The minimum atomic E-state index is -0.293. The number of aliphatic hydroxyl groups excluding tert-OH is 3. The van der Waals surface area contributed by atoms with Gasteiger partial charge in [0.25, 0.3) is 0 Å². The van der Waals surface area contributed by atoms with Crippen LogP contribution in [0.3, 0.4) is 0 Å². The van der Waals surface area contributed by atoms with Gasteiger partial charge in [0.15, 0.2) is 34.3 Å². The number of hydrogen-bond donors (Lipinski definition) is 8. The molecule has 0 saturated heterocycles. The molecule has 0 aromatic carbocycles. The molecule has 6 aliphatic carbocycles. The number of aromatic nitrogens is 12. The van der Waals surface area contributed by atoms with Gasteiger partial charge in [-0.25, -0.2) is 34.4 Å². The van der Waals surface area contributed by atoms with Crippen LogP contribution in [0.5, 0.6) is 17.6 Å². The lowest BCUT2D eigenvalue weighted by Gasteiger charge is -2.13. The highest BCUT2D eigenvalue weighted by Gasteiger charge is 2.32. The molecule has 26 heteroatoms. The number of Topliss-reactive ketones (excluding diaryl/α,β-unsaturated/α-hetero) is 3. The van der Waals surface area contributed by atoms with E-state index in [4.69, 9.17) is 19.2 Å². The molecule has 0 amide bonds. The Bertz CT molecular complexity index is 3740. The Morgan fingerprint density at radius 3 is 1.12 bits per heavy atom. The van der Waals surface area contributed by atoms with Crippen molar-refractivity contribution in [2.45, 2.75) is 166 Å². The van der Waals surface area contributed by atoms with Gasteiger partial charge in [-0.15, -0.1) is 0 Å². The van der Waals surface area contributed by atoms with Crippen LogP contribution in [-0.4, -0.2) is 142 Å². The largest absolute Gasteiger partial charge is 0.473 e. The summed E-state index contributed by atoms with van der Waals surface area (Å²) in [5, 5.41) is 58.6. The predicted molar refractivity (Wildman–Crippen MR) is 348 cm³/mol. The molecule has 8 N–H and O–H groups in total. The van der Waals surface area contributed by atoms with Gasteiger partial charge in [-0.05, 0) is 157 Å². The van der Waals surface area contributed by atoms with Crippen LogP contribution in [0, 0.1) is 17.8 Å². The third kappa shape index (κ3) is 15.1. The topological polar surface area (TPSA) is 329 Å². The van der Waals surface area contributed by atoms with E-state index in [9.17, 15) is 29.7 Å². The number of ketones is 3. The van der Waals surface area contributed by atoms with Crippen LogP contribution >= 0.6 is 0 Å². The molecule has 6 fully saturated rings. The minimum absolute atomic E-state index is 0.0000587. The minimum Gasteiger partial charge on any atom is -0.473 e. The van der Waals surface area contributed by atoms with Crippen LogP contribution in [-0.2, 0) is 6.42 Å². The fourth-order valence-electron chi connectivity index (χ4n) is 12.3. The van der Waals surface area contributed by atoms with Crippen molar-refractivity contribution in [3.8, 4) is 17.6 Å². The molecule has 0 aliphatic heterocycles. The van der Waals surface area contributed by atoms with Gasteiger partial charge in [0.1, 0.15) is 64.5 Å². The lowest BCUT2D eigenvalue weighted by molar-refractivity contribution is 0.0949. The Morgan fingerprint density at radius 2 is 0.806 bits per heavy atom. The highest BCUT2D eigenvalue weighted by atomic mass is 16.5. The average Bonchev–Trinajstić information content (AvgIpc) is 1.90. The summed E-state index contributed by atoms with van der Waals surface area (Å²) in [5.74, 6) is 5.49. The Morgan fingerprint density at radius 1 is 0.473 bits per heavy atom. The quantitative estimate of drug-likeness (QED) is 0.0261. The van der Waals surface area contributed by atoms with Crippen LogP contribution in [0.15, 0.2) is 91.8 Å². The summed E-state index contributed by atoms with van der Waals surface area (Å²) in [6, 6.07) is 16.8. The van der Waals surface area contributed by atoms with Crippen molar-refractivity contribution in [1.29, 1.82) is 0 Å². The maximum Gasteiger partial charge on any atom is 0.238 e. The van der Waals surface area contributed by atoms with Crippen LogP contribution in [0.2, 0.25) is 0 Å². The van der Waals surface area contributed by atoms with E-state index in [0.717, 1.165) is 106 Å². The first-order chi connectivity index (χ1) is 45.3. The molecule has 26 nitrogen and oxygen atoms in total. The Labute approximate surface area is 536 Å². The van der Waals surface area contributed by atoms with Crippen LogP contribution in [0.4, 0.5) is 46.2 Å². The summed E-state index contributed by atoms with van der Waals surface area (Å²) >= 11 is 0. The Hall–Kier alpha value is -9.40. The molecule has 9 aromatic heterocycles. The number of nitrogens with one attached hydrogen (secondary N) is 5. The third-order valence-corrected chi connectivity index (χ3v) is 17.7. The van der Waals surface area contributed by atoms with Crippen LogP contribution < -0.4 is 40.8 Å². The predicted octanol–water partition coefficient (Wildman–Crippen LogP) is 10.1. The van der Waals surface area contributed by atoms with Crippen LogP contribution in [0.25, 0.3) is 16.9 Å². The first kappa shape index (κ1) is 62.4. The summed E-state index contributed by atoms with van der Waals surface area (Å²) < 4.78 is 22.7. The molecule has 0 bridgehead atoms. The maximum atomic E-state index is 13.0. The molecule has 6 aliphatic rings. The summed E-state index contributed by atoms with van der Waals surface area (Å²) in [5.41, 5.74) is 6.19. The molecule has 6 saturated carbocycles. The normalized spacial score (nSPS) is 20.8. The standard InChI is InChI=1S/C23H27N5O3.2C22H26N6O3/c1-2-15-12-21(26-19-4-3-9-24-23(19)31-17-7-8-17)27-22-18(13-25-28(15)22)20(30)11-14-5-6-16(29)10-14;2*1-23-20-11-19(26-17-3-2-8-24-22(17)31-15-6-7-15)27-21-16(12-25-28(20)21)18(30)10-13-4-5-14(29)9-13/h3-4,9,12-14,16-17,29H,2,5-8,10-11H2,1H3,(H,26,27);2*2-3,8,11-15,23,29H,4-7,9-10H2,1H3,(H,26,27)/t14-,16-;2*13-,14-/m010/s1. The van der Waals surface area contributed by atoms with Gasteiger partial charge in [-0.3, -0.25) is 14.4 Å². The number of hydrogen-bond acceptors (Lipinski definition) is 23. The zero-order chi connectivity index (χ0) is 64.1. The van der Waals surface area contributed by atoms with E-state index in [-0.39, 0.29) is 71.7 Å². The highest BCUT2D eigenvalue weighted by molar-refractivity contribution is 6.03. The molecular weight excluding hydrogens is 1190 g/mol. The first-order valence-electron chi connectivity index (χ1n) is 32.6. The summed E-state index contributed by atoms with van der Waals surface area (Å²) in [4.78, 5) is 66.1. The lowest BCUT2D eigenvalue weighted by Crippen LogP contribution is -2.09. The number of nitrogens with zero attached hydrogens (tertiary/aromatic N) is 12. The van der Waals surface area contributed by atoms with Gasteiger partial charge >= 0.3 is 0 Å². The number of fused-ring (bicyclic) bond motifs is 3. The molecule has 0 radical (unpaired) electrons. The highest BCUT2D eigenvalue weighted by Crippen LogP contribution is 2.38. The van der Waals surface area contributed by atoms with E-state index >= 15 is 0 Å². The zero-order valence-corrected chi connectivity index (χ0v) is 52.4. The number of rotatable bonds is 24. The number of aliphatic hydroxyl groups is 3. The molecule has 9 aromatic rings. The molecule has 6 atom stereocenters. The van der Waals surface area contributed by atoms with Crippen molar-refractivity contribution in [3.05, 3.63) is 114 Å². The van der Waals surface area contributed by atoms with E-state index in [2.05, 4.69) is 66.8 Å². The summed E-state index contributed by atoms with van der Waals surface area (Å²) in [6.07, 6.45) is 24.9. The van der Waals surface area contributed by atoms with E-state index < -0.39 is 0 Å². The van der Waals surface area contributed by atoms with Crippen molar-refractivity contribution in [2.75, 3.05) is 40.7 Å². The maximum absolute atomic E-state index is 13.0. The number of ether oxygens (including phenoxy) is 3. The van der Waals surface area contributed by atoms with Gasteiger partial charge in [0, 0.05) is 75.8 Å². The second-order valence-electron chi connectivity index (χ2n) is 25.2. The molecule has 0 spiro atoms. The van der Waals surface area contributed by atoms with E-state index in [1.807, 2.05) is 61.5 Å². The number of anilines is 8. The number of carbonyl (C=O) groups is 3. The van der Waals surface area contributed by atoms with Crippen LogP contribution in [0.1, 0.15) is 159 Å². The molecule has 9 heterocycles. The third-order valence-electron chi connectivity index (χ3n) is 17.7. The Balaban J connectivity index is 0.000000127. The SMILES string of the molecule is CCc1cc(Nc2cccnc2OC2CC2)nc2c(C(=O)C[C@H]3CC[C@H](O)C3)cnn12.CNc1cc(Nc2cccnc2OC2CC2)nc2c(C(=O)C[C@@H]3CC[C@@H](O)C3)cnn12.CNc1cc(Nc2cccnc2OC2CC2)nc2c(C(=O)C[C@H]3CC[C@H](O)C3)cnn12. The van der Waals surface area contributed by atoms with Crippen molar-refractivity contribution in [2.24, 2.45) is 17.8 Å². The number of carbonyl (C=O) groups excluding carboxylic acids is 3. The van der Waals surface area contributed by atoms with Gasteiger partial charge < -0.3 is 56.1 Å². The summed E-state index contributed by atoms with van der Waals surface area (Å²) in [7, 11) is 3.60. The fourth-order valence-corrected chi connectivity index (χ4v) is 12.3. The molecule has 93 heavy (non-hydrogen) atoms. The fraction of sp³-hybridized carbons (Fsp3) is 0.463. The average molecular weight is 1270 g/mol. The zero-order valence-electron chi connectivity index (χ0n) is 52.4. The van der Waals surface area contributed by atoms with Crippen molar-refractivity contribution in [1.82, 2.24) is 58.7 Å². The second-order valence-corrected chi connectivity index (χ2v) is 25.2. The number of aryl methyl sites for hydroxylation is 1. The second kappa shape index (κ2) is 27.8. The van der Waals surface area contributed by atoms with E-state index in [1.165, 1.54) is 0 Å². The van der Waals surface area contributed by atoms with Gasteiger partial charge in [0.05, 0.1) is 53.6 Å². The van der Waals surface area contributed by atoms with Crippen molar-refractivity contribution >= 4 is 80.4 Å². The van der Waals surface area contributed by atoms with Crippen molar-refractivity contribution < 1.29 is 43.9 Å². The lowest BCUT2D eigenvalue weighted by atomic mass is 9.98. The van der Waals surface area contributed by atoms with E-state index in [0.29, 0.717) is 119 Å². The Kier molecular flexibility index (Phi) is 18.7. The van der Waals surface area contributed by atoms with Crippen molar-refractivity contribution in [3.63, 3.8) is 0 Å².